The highest BCUT2D eigenvalue weighted by Gasteiger charge is 2.39. The minimum Gasteiger partial charge on any atom is -0.350 e. The second-order valence-corrected chi connectivity index (χ2v) is 7.57. The lowest BCUT2D eigenvalue weighted by molar-refractivity contribution is -0.384. The fraction of sp³-hybridized carbons (Fsp3) is 0.632. The molecule has 0 radical (unpaired) electrons. The van der Waals surface area contributed by atoms with Crippen LogP contribution in [0, 0.1) is 10.1 Å². The van der Waals surface area contributed by atoms with E-state index in [1.54, 1.807) is 12.1 Å². The molecule has 2 aliphatic rings. The number of benzene rings is 1. The molecule has 1 aliphatic heterocycles. The van der Waals surface area contributed by atoms with Crippen LogP contribution in [0.1, 0.15) is 42.5 Å². The number of hydrogen-bond donors (Lipinski definition) is 1. The molecule has 1 saturated heterocycles. The maximum atomic E-state index is 12.6. The monoisotopic (exact) mass is 396 g/mol. The van der Waals surface area contributed by atoms with Gasteiger partial charge in [0.25, 0.3) is 11.6 Å². The van der Waals surface area contributed by atoms with Gasteiger partial charge in [-0.1, -0.05) is 25.3 Å². The summed E-state index contributed by atoms with van der Waals surface area (Å²) < 4.78 is 0. The Morgan fingerprint density at radius 1 is 1.19 bits per heavy atom. The summed E-state index contributed by atoms with van der Waals surface area (Å²) in [6.45, 7) is 4.78. The van der Waals surface area contributed by atoms with Crippen molar-refractivity contribution in [2.24, 2.45) is 0 Å². The molecule has 1 heterocycles. The van der Waals surface area contributed by atoms with Crippen molar-refractivity contribution in [1.82, 2.24) is 15.1 Å². The maximum absolute atomic E-state index is 12.6. The molecule has 1 aromatic carbocycles. The fourth-order valence-corrected chi connectivity index (χ4v) is 4.20. The molecule has 27 heavy (non-hydrogen) atoms. The first-order chi connectivity index (χ1) is 12.5. The van der Waals surface area contributed by atoms with Crippen molar-refractivity contribution in [3.05, 3.63) is 39.9 Å². The fourth-order valence-electron chi connectivity index (χ4n) is 4.20. The number of hydrogen-bond acceptors (Lipinski definition) is 5. The van der Waals surface area contributed by atoms with E-state index in [4.69, 9.17) is 0 Å². The van der Waals surface area contributed by atoms with E-state index in [1.165, 1.54) is 31.4 Å². The van der Waals surface area contributed by atoms with Crippen molar-refractivity contribution in [1.29, 1.82) is 0 Å². The van der Waals surface area contributed by atoms with Crippen LogP contribution in [0.15, 0.2) is 24.3 Å². The van der Waals surface area contributed by atoms with E-state index in [-0.39, 0.29) is 29.5 Å². The molecule has 1 N–H and O–H groups in total. The number of piperazine rings is 1. The van der Waals surface area contributed by atoms with Gasteiger partial charge >= 0.3 is 0 Å². The van der Waals surface area contributed by atoms with E-state index in [1.807, 2.05) is 0 Å². The van der Waals surface area contributed by atoms with Crippen LogP contribution in [0.3, 0.4) is 0 Å². The number of nitro groups is 1. The molecule has 3 rings (SSSR count). The topological polar surface area (TPSA) is 78.7 Å². The normalized spacial score (nSPS) is 20.5. The van der Waals surface area contributed by atoms with Crippen LogP contribution in [-0.2, 0) is 0 Å². The third-order valence-corrected chi connectivity index (χ3v) is 5.86. The SMILES string of the molecule is CN1CCN(C2(CNC(=O)c3cccc([N+](=O)[O-])c3)CCCCC2)CC1.Cl. The highest BCUT2D eigenvalue weighted by atomic mass is 35.5. The summed E-state index contributed by atoms with van der Waals surface area (Å²) in [7, 11) is 2.15. The molecule has 0 spiro atoms. The van der Waals surface area contributed by atoms with E-state index < -0.39 is 4.92 Å². The van der Waals surface area contributed by atoms with Crippen LogP contribution < -0.4 is 5.32 Å². The second-order valence-electron chi connectivity index (χ2n) is 7.57. The lowest BCUT2D eigenvalue weighted by atomic mass is 9.79. The number of amides is 1. The summed E-state index contributed by atoms with van der Waals surface area (Å²) in [4.78, 5) is 27.9. The van der Waals surface area contributed by atoms with Gasteiger partial charge in [-0.2, -0.15) is 0 Å². The zero-order valence-corrected chi connectivity index (χ0v) is 16.7. The molecule has 2 fully saturated rings. The number of rotatable bonds is 5. The smallest absolute Gasteiger partial charge is 0.270 e. The van der Waals surface area contributed by atoms with Crippen LogP contribution in [0.25, 0.3) is 0 Å². The number of non-ortho nitro benzene ring substituents is 1. The Morgan fingerprint density at radius 3 is 2.48 bits per heavy atom. The average Bonchev–Trinajstić information content (AvgIpc) is 2.67. The average molecular weight is 397 g/mol. The minimum absolute atomic E-state index is 0. The quantitative estimate of drug-likeness (QED) is 0.611. The van der Waals surface area contributed by atoms with Crippen LogP contribution >= 0.6 is 12.4 Å². The Labute approximate surface area is 166 Å². The van der Waals surface area contributed by atoms with Crippen LogP contribution in [0.5, 0.6) is 0 Å². The Morgan fingerprint density at radius 2 is 1.85 bits per heavy atom. The number of nitrogens with zero attached hydrogens (tertiary/aromatic N) is 3. The molecule has 0 unspecified atom stereocenters. The predicted octanol–water partition coefficient (Wildman–Crippen LogP) is 2.70. The number of carbonyl (C=O) groups is 1. The van der Waals surface area contributed by atoms with E-state index >= 15 is 0 Å². The van der Waals surface area contributed by atoms with Crippen molar-refractivity contribution < 1.29 is 9.72 Å². The second kappa shape index (κ2) is 9.48. The lowest BCUT2D eigenvalue weighted by Crippen LogP contribution is -2.61. The van der Waals surface area contributed by atoms with E-state index in [0.29, 0.717) is 12.1 Å². The summed E-state index contributed by atoms with van der Waals surface area (Å²) in [6, 6.07) is 5.94. The third-order valence-electron chi connectivity index (χ3n) is 5.86. The molecule has 1 aliphatic carbocycles. The molecule has 8 heteroatoms. The summed E-state index contributed by atoms with van der Waals surface area (Å²) in [5.74, 6) is -0.229. The number of nitro benzene ring substituents is 1. The molecule has 0 aromatic heterocycles. The van der Waals surface area contributed by atoms with Gasteiger partial charge in [0.15, 0.2) is 0 Å². The predicted molar refractivity (Wildman–Crippen MR) is 108 cm³/mol. The van der Waals surface area contributed by atoms with Crippen molar-refractivity contribution >= 4 is 24.0 Å². The first-order valence-corrected chi connectivity index (χ1v) is 9.46. The first kappa shape index (κ1) is 21.6. The summed E-state index contributed by atoms with van der Waals surface area (Å²) >= 11 is 0. The Hall–Kier alpha value is -1.70. The largest absolute Gasteiger partial charge is 0.350 e. The standard InChI is InChI=1S/C19H28N4O3.ClH/c1-21-10-12-22(13-11-21)19(8-3-2-4-9-19)15-20-18(24)16-6-5-7-17(14-16)23(25)26;/h5-7,14H,2-4,8-13,15H2,1H3,(H,20,24);1H. The number of halogens is 1. The van der Waals surface area contributed by atoms with Gasteiger partial charge < -0.3 is 10.2 Å². The van der Waals surface area contributed by atoms with Gasteiger partial charge in [0.2, 0.25) is 0 Å². The van der Waals surface area contributed by atoms with Gasteiger partial charge in [0.1, 0.15) is 0 Å². The minimum atomic E-state index is -0.469. The van der Waals surface area contributed by atoms with Gasteiger partial charge in [0, 0.05) is 56.0 Å². The van der Waals surface area contributed by atoms with E-state index in [9.17, 15) is 14.9 Å². The molecule has 0 bridgehead atoms. The number of likely N-dealkylation sites (N-methyl/N-ethyl adjacent to an activating group) is 1. The lowest BCUT2D eigenvalue weighted by Gasteiger charge is -2.49. The summed E-state index contributed by atoms with van der Waals surface area (Å²) in [6.07, 6.45) is 5.85. The molecule has 0 atom stereocenters. The van der Waals surface area contributed by atoms with Crippen molar-refractivity contribution in [3.63, 3.8) is 0 Å². The highest BCUT2D eigenvalue weighted by molar-refractivity contribution is 5.94. The third kappa shape index (κ3) is 5.18. The van der Waals surface area contributed by atoms with Crippen molar-refractivity contribution in [3.8, 4) is 0 Å². The Kier molecular flexibility index (Phi) is 7.59. The zero-order valence-electron chi connectivity index (χ0n) is 15.9. The van der Waals surface area contributed by atoms with E-state index in [0.717, 1.165) is 39.0 Å². The van der Waals surface area contributed by atoms with Crippen molar-refractivity contribution in [2.45, 2.75) is 37.6 Å². The summed E-state index contributed by atoms with van der Waals surface area (Å²) in [5.41, 5.74) is 0.322. The van der Waals surface area contributed by atoms with Crippen LogP contribution in [0.2, 0.25) is 0 Å². The Bertz CT molecular complexity index is 656. The zero-order chi connectivity index (χ0) is 18.6. The highest BCUT2D eigenvalue weighted by Crippen LogP contribution is 2.34. The Balaban J connectivity index is 0.00000261. The first-order valence-electron chi connectivity index (χ1n) is 9.46. The van der Waals surface area contributed by atoms with Crippen molar-refractivity contribution in [2.75, 3.05) is 39.8 Å². The molecule has 150 valence electrons. The van der Waals surface area contributed by atoms with Gasteiger partial charge in [-0.3, -0.25) is 19.8 Å². The van der Waals surface area contributed by atoms with Crippen LogP contribution in [-0.4, -0.2) is 65.9 Å². The van der Waals surface area contributed by atoms with E-state index in [2.05, 4.69) is 22.2 Å². The van der Waals surface area contributed by atoms with Gasteiger partial charge in [-0.05, 0) is 26.0 Å². The molecule has 7 nitrogen and oxygen atoms in total. The van der Waals surface area contributed by atoms with Gasteiger partial charge in [-0.15, -0.1) is 12.4 Å². The molecule has 1 aromatic rings. The molecular formula is C19H29ClN4O3. The summed E-state index contributed by atoms with van der Waals surface area (Å²) in [5, 5.41) is 14.0. The molecular weight excluding hydrogens is 368 g/mol. The maximum Gasteiger partial charge on any atom is 0.270 e. The van der Waals surface area contributed by atoms with Crippen LogP contribution in [0.4, 0.5) is 5.69 Å². The van der Waals surface area contributed by atoms with Gasteiger partial charge in [0.05, 0.1) is 4.92 Å². The number of carbonyl (C=O) groups excluding carboxylic acids is 1. The molecule has 1 amide bonds. The van der Waals surface area contributed by atoms with Gasteiger partial charge in [-0.25, -0.2) is 0 Å². The number of nitrogens with one attached hydrogen (secondary N) is 1. The molecule has 1 saturated carbocycles.